The van der Waals surface area contributed by atoms with Crippen LogP contribution >= 0.6 is 0 Å². The van der Waals surface area contributed by atoms with Crippen molar-refractivity contribution in [1.82, 2.24) is 0 Å². The second-order valence-corrected chi connectivity index (χ2v) is 5.43. The maximum absolute atomic E-state index is 11.2. The molecule has 0 saturated heterocycles. The summed E-state index contributed by atoms with van der Waals surface area (Å²) >= 11 is 0. The van der Waals surface area contributed by atoms with Gasteiger partial charge in [0.25, 0.3) is 0 Å². The van der Waals surface area contributed by atoms with Crippen molar-refractivity contribution >= 4 is 5.78 Å². The summed E-state index contributed by atoms with van der Waals surface area (Å²) in [6.45, 7) is 9.45. The van der Waals surface area contributed by atoms with Crippen LogP contribution in [0.4, 0.5) is 0 Å². The number of carbonyl (C=O) groups excluding carboxylic acids is 1. The van der Waals surface area contributed by atoms with Crippen molar-refractivity contribution in [2.75, 3.05) is 0 Å². The highest BCUT2D eigenvalue weighted by Gasteiger charge is 2.55. The molecule has 0 radical (unpaired) electrons. The number of rotatable bonds is 2. The van der Waals surface area contributed by atoms with Crippen molar-refractivity contribution in [2.24, 2.45) is 17.3 Å². The Morgan fingerprint density at radius 3 is 2.15 bits per heavy atom. The molecule has 1 aliphatic carbocycles. The van der Waals surface area contributed by atoms with Crippen molar-refractivity contribution < 1.29 is 9.90 Å². The zero-order chi connectivity index (χ0) is 10.4. The lowest BCUT2D eigenvalue weighted by Crippen LogP contribution is -2.56. The summed E-state index contributed by atoms with van der Waals surface area (Å²) in [4.78, 5) is 11.2. The highest BCUT2D eigenvalue weighted by atomic mass is 16.3. The van der Waals surface area contributed by atoms with Gasteiger partial charge in [0.2, 0.25) is 0 Å². The Bertz CT molecular complexity index is 223. The van der Waals surface area contributed by atoms with Gasteiger partial charge in [-0.2, -0.15) is 0 Å². The molecule has 0 aromatic heterocycles. The third kappa shape index (κ3) is 1.64. The summed E-state index contributed by atoms with van der Waals surface area (Å²) in [5.41, 5.74) is -0.695. The molecule has 1 saturated carbocycles. The molecule has 0 bridgehead atoms. The number of carbonyl (C=O) groups is 1. The Hall–Kier alpha value is -0.370. The van der Waals surface area contributed by atoms with Crippen molar-refractivity contribution in [3.05, 3.63) is 0 Å². The SMILES string of the molecule is CC(=O)C1CC(C(C)(C)O)C1(C)C. The van der Waals surface area contributed by atoms with E-state index in [-0.39, 0.29) is 23.0 Å². The zero-order valence-electron chi connectivity index (χ0n) is 9.22. The Morgan fingerprint density at radius 1 is 1.46 bits per heavy atom. The molecule has 0 heterocycles. The highest BCUT2D eigenvalue weighted by molar-refractivity contribution is 5.80. The van der Waals surface area contributed by atoms with Crippen molar-refractivity contribution in [3.8, 4) is 0 Å². The van der Waals surface area contributed by atoms with Crippen LogP contribution in [0.3, 0.4) is 0 Å². The lowest BCUT2D eigenvalue weighted by Gasteiger charge is -2.55. The Kier molecular flexibility index (Phi) is 2.31. The molecule has 1 aliphatic rings. The molecule has 1 N–H and O–H groups in total. The van der Waals surface area contributed by atoms with Gasteiger partial charge in [0.1, 0.15) is 5.78 Å². The van der Waals surface area contributed by atoms with Gasteiger partial charge in [-0.15, -0.1) is 0 Å². The van der Waals surface area contributed by atoms with E-state index in [1.54, 1.807) is 6.92 Å². The van der Waals surface area contributed by atoms with E-state index in [2.05, 4.69) is 13.8 Å². The maximum Gasteiger partial charge on any atom is 0.133 e. The van der Waals surface area contributed by atoms with Crippen LogP contribution in [0, 0.1) is 17.3 Å². The largest absolute Gasteiger partial charge is 0.390 e. The van der Waals surface area contributed by atoms with Gasteiger partial charge >= 0.3 is 0 Å². The minimum Gasteiger partial charge on any atom is -0.390 e. The summed E-state index contributed by atoms with van der Waals surface area (Å²) in [5.74, 6) is 0.642. The predicted octanol–water partition coefficient (Wildman–Crippen LogP) is 2.01. The quantitative estimate of drug-likeness (QED) is 0.712. The van der Waals surface area contributed by atoms with Crippen LogP contribution in [0.5, 0.6) is 0 Å². The molecule has 0 aliphatic heterocycles. The van der Waals surface area contributed by atoms with E-state index in [1.807, 2.05) is 13.8 Å². The molecule has 2 atom stereocenters. The number of hydrogen-bond acceptors (Lipinski definition) is 2. The van der Waals surface area contributed by atoms with E-state index in [4.69, 9.17) is 0 Å². The fourth-order valence-electron chi connectivity index (χ4n) is 2.81. The third-order valence-electron chi connectivity index (χ3n) is 3.61. The average Bonchev–Trinajstić information content (AvgIpc) is 1.80. The Labute approximate surface area is 80.3 Å². The smallest absolute Gasteiger partial charge is 0.133 e. The van der Waals surface area contributed by atoms with E-state index in [0.29, 0.717) is 0 Å². The van der Waals surface area contributed by atoms with Gasteiger partial charge in [-0.25, -0.2) is 0 Å². The molecule has 2 nitrogen and oxygen atoms in total. The zero-order valence-corrected chi connectivity index (χ0v) is 9.22. The third-order valence-corrected chi connectivity index (χ3v) is 3.61. The molecule has 13 heavy (non-hydrogen) atoms. The summed E-state index contributed by atoms with van der Waals surface area (Å²) < 4.78 is 0. The highest BCUT2D eigenvalue weighted by Crippen LogP contribution is 2.55. The topological polar surface area (TPSA) is 37.3 Å². The minimum atomic E-state index is -0.657. The molecule has 0 aromatic carbocycles. The first-order valence-electron chi connectivity index (χ1n) is 4.90. The van der Waals surface area contributed by atoms with Crippen molar-refractivity contribution in [2.45, 2.75) is 46.6 Å². The van der Waals surface area contributed by atoms with Gasteiger partial charge < -0.3 is 5.11 Å². The van der Waals surface area contributed by atoms with Crippen molar-refractivity contribution in [1.29, 1.82) is 0 Å². The lowest BCUT2D eigenvalue weighted by atomic mass is 9.49. The first-order chi connectivity index (χ1) is 5.67. The van der Waals surface area contributed by atoms with E-state index < -0.39 is 5.60 Å². The number of hydrogen-bond donors (Lipinski definition) is 1. The van der Waals surface area contributed by atoms with Gasteiger partial charge in [0.05, 0.1) is 5.60 Å². The maximum atomic E-state index is 11.2. The van der Waals surface area contributed by atoms with Gasteiger partial charge in [0.15, 0.2) is 0 Å². The van der Waals surface area contributed by atoms with Gasteiger partial charge in [-0.05, 0) is 38.5 Å². The summed E-state index contributed by atoms with van der Waals surface area (Å²) in [7, 11) is 0. The summed E-state index contributed by atoms with van der Waals surface area (Å²) in [5, 5.41) is 9.86. The Balaban J connectivity index is 2.76. The summed E-state index contributed by atoms with van der Waals surface area (Å²) in [6, 6.07) is 0. The fraction of sp³-hybridized carbons (Fsp3) is 0.909. The van der Waals surface area contributed by atoms with Gasteiger partial charge in [0, 0.05) is 5.92 Å². The fourth-order valence-corrected chi connectivity index (χ4v) is 2.81. The lowest BCUT2D eigenvalue weighted by molar-refractivity contribution is -0.158. The second kappa shape index (κ2) is 2.81. The molecule has 76 valence electrons. The number of aliphatic hydroxyl groups is 1. The molecule has 0 aromatic rings. The van der Waals surface area contributed by atoms with E-state index in [1.165, 1.54) is 0 Å². The van der Waals surface area contributed by atoms with Gasteiger partial charge in [-0.3, -0.25) is 4.79 Å². The normalized spacial score (nSPS) is 32.5. The van der Waals surface area contributed by atoms with Crippen LogP contribution in [0.25, 0.3) is 0 Å². The molecule has 1 fully saturated rings. The van der Waals surface area contributed by atoms with Crippen molar-refractivity contribution in [3.63, 3.8) is 0 Å². The molecule has 1 rings (SSSR count). The molecule has 0 amide bonds. The number of ketones is 1. The van der Waals surface area contributed by atoms with Crippen LogP contribution in [-0.4, -0.2) is 16.5 Å². The van der Waals surface area contributed by atoms with Crippen LogP contribution in [0.15, 0.2) is 0 Å². The van der Waals surface area contributed by atoms with E-state index >= 15 is 0 Å². The Morgan fingerprint density at radius 2 is 1.92 bits per heavy atom. The molecular weight excluding hydrogens is 164 g/mol. The molecule has 0 spiro atoms. The second-order valence-electron chi connectivity index (χ2n) is 5.43. The van der Waals surface area contributed by atoms with Crippen LogP contribution < -0.4 is 0 Å². The number of Topliss-reactive ketones (excluding diaryl/α,β-unsaturated/α-hetero) is 1. The van der Waals surface area contributed by atoms with E-state index in [0.717, 1.165) is 6.42 Å². The monoisotopic (exact) mass is 184 g/mol. The molecular formula is C11H20O2. The average molecular weight is 184 g/mol. The molecule has 2 unspecified atom stereocenters. The van der Waals surface area contributed by atoms with Gasteiger partial charge in [-0.1, -0.05) is 13.8 Å². The van der Waals surface area contributed by atoms with Crippen LogP contribution in [-0.2, 0) is 4.79 Å². The minimum absolute atomic E-state index is 0.0376. The first-order valence-corrected chi connectivity index (χ1v) is 4.90. The standard InChI is InChI=1S/C11H20O2/c1-7(12)8-6-9(10(8,2)3)11(4,5)13/h8-9,13H,6H2,1-5H3. The first kappa shape index (κ1) is 10.7. The molecule has 2 heteroatoms. The summed E-state index contributed by atoms with van der Waals surface area (Å²) in [6.07, 6.45) is 0.839. The predicted molar refractivity (Wildman–Crippen MR) is 52.4 cm³/mol. The van der Waals surface area contributed by atoms with E-state index in [9.17, 15) is 9.90 Å². The van der Waals surface area contributed by atoms with Crippen LogP contribution in [0.2, 0.25) is 0 Å². The van der Waals surface area contributed by atoms with Crippen LogP contribution in [0.1, 0.15) is 41.0 Å².